The molecule has 0 atom stereocenters. The van der Waals surface area contributed by atoms with Crippen LogP contribution >= 0.6 is 11.6 Å². The number of hydrogen-bond donors (Lipinski definition) is 1. The van der Waals surface area contributed by atoms with E-state index in [1.165, 1.54) is 6.07 Å². The van der Waals surface area contributed by atoms with E-state index < -0.39 is 4.92 Å². The number of pyridine rings is 1. The molecule has 0 aliphatic rings. The number of aromatic nitrogens is 1. The van der Waals surface area contributed by atoms with Crippen LogP contribution in [0.5, 0.6) is 0 Å². The molecule has 0 amide bonds. The van der Waals surface area contributed by atoms with Crippen LogP contribution in [0.2, 0.25) is 5.02 Å². The number of nitrogens with zero attached hydrogens (tertiary/aromatic N) is 2. The third-order valence-corrected chi connectivity index (χ3v) is 2.90. The Hall–Kier alpha value is -2.14. The maximum absolute atomic E-state index is 10.9. The smallest absolute Gasteiger partial charge is 0.293 e. The molecule has 0 aliphatic carbocycles. The summed E-state index contributed by atoms with van der Waals surface area (Å²) in [6.45, 7) is 2.27. The van der Waals surface area contributed by atoms with E-state index in [9.17, 15) is 10.1 Å². The molecule has 1 heterocycles. The maximum Gasteiger partial charge on any atom is 0.293 e. The highest BCUT2D eigenvalue weighted by Crippen LogP contribution is 2.32. The van der Waals surface area contributed by atoms with Crippen LogP contribution in [0.15, 0.2) is 36.4 Å². The largest absolute Gasteiger partial charge is 0.373 e. The van der Waals surface area contributed by atoms with Gasteiger partial charge in [0.25, 0.3) is 5.69 Å². The summed E-state index contributed by atoms with van der Waals surface area (Å²) < 4.78 is 0. The highest BCUT2D eigenvalue weighted by molar-refractivity contribution is 6.33. The maximum atomic E-state index is 10.9. The topological polar surface area (TPSA) is 68.1 Å². The molecule has 1 N–H and O–H groups in total. The van der Waals surface area contributed by atoms with Gasteiger partial charge in [0.05, 0.1) is 22.2 Å². The second-order valence-corrected chi connectivity index (χ2v) is 4.42. The number of para-hydroxylation sites is 1. The lowest BCUT2D eigenvalue weighted by molar-refractivity contribution is -0.383. The van der Waals surface area contributed by atoms with Gasteiger partial charge in [0, 0.05) is 11.8 Å². The molecule has 2 aromatic rings. The lowest BCUT2D eigenvalue weighted by atomic mass is 10.2. The summed E-state index contributed by atoms with van der Waals surface area (Å²) in [6.07, 6.45) is 0. The Labute approximate surface area is 115 Å². The first-order chi connectivity index (χ1) is 9.08. The summed E-state index contributed by atoms with van der Waals surface area (Å²) >= 11 is 5.98. The van der Waals surface area contributed by atoms with Crippen LogP contribution in [0.1, 0.15) is 11.4 Å². The lowest BCUT2D eigenvalue weighted by Crippen LogP contribution is -2.05. The van der Waals surface area contributed by atoms with Crippen molar-refractivity contribution in [3.63, 3.8) is 0 Å². The Kier molecular flexibility index (Phi) is 3.97. The molecule has 5 nitrogen and oxygen atoms in total. The third kappa shape index (κ3) is 3.20. The quantitative estimate of drug-likeness (QED) is 0.685. The zero-order valence-corrected chi connectivity index (χ0v) is 11.0. The van der Waals surface area contributed by atoms with E-state index >= 15 is 0 Å². The second-order valence-electron chi connectivity index (χ2n) is 4.01. The van der Waals surface area contributed by atoms with Crippen LogP contribution in [0.25, 0.3) is 0 Å². The Morgan fingerprint density at radius 3 is 2.74 bits per heavy atom. The van der Waals surface area contributed by atoms with E-state index in [0.717, 1.165) is 11.4 Å². The number of aryl methyl sites for hydroxylation is 1. The van der Waals surface area contributed by atoms with Crippen LogP contribution in [-0.4, -0.2) is 9.91 Å². The van der Waals surface area contributed by atoms with Crippen molar-refractivity contribution in [2.24, 2.45) is 0 Å². The van der Waals surface area contributed by atoms with Crippen molar-refractivity contribution in [2.75, 3.05) is 5.32 Å². The van der Waals surface area contributed by atoms with Gasteiger partial charge in [-0.3, -0.25) is 15.1 Å². The first-order valence-electron chi connectivity index (χ1n) is 5.67. The monoisotopic (exact) mass is 277 g/mol. The lowest BCUT2D eigenvalue weighted by Gasteiger charge is -2.08. The van der Waals surface area contributed by atoms with Gasteiger partial charge in [-0.1, -0.05) is 23.7 Å². The Bertz CT molecular complexity index is 617. The molecular formula is C13H12ClN3O2. The highest BCUT2D eigenvalue weighted by atomic mass is 35.5. The van der Waals surface area contributed by atoms with Gasteiger partial charge in [-0.05, 0) is 25.1 Å². The molecule has 0 spiro atoms. The molecule has 0 aliphatic heterocycles. The molecule has 0 unspecified atom stereocenters. The van der Waals surface area contributed by atoms with E-state index in [1.54, 1.807) is 12.1 Å². The van der Waals surface area contributed by atoms with Gasteiger partial charge >= 0.3 is 0 Å². The average molecular weight is 278 g/mol. The minimum Gasteiger partial charge on any atom is -0.373 e. The van der Waals surface area contributed by atoms with Gasteiger partial charge < -0.3 is 5.32 Å². The van der Waals surface area contributed by atoms with E-state index in [2.05, 4.69) is 10.3 Å². The molecule has 0 radical (unpaired) electrons. The predicted octanol–water partition coefficient (Wildman–Crippen LogP) is 3.56. The Morgan fingerprint density at radius 2 is 2.05 bits per heavy atom. The fourth-order valence-electron chi connectivity index (χ4n) is 1.72. The summed E-state index contributed by atoms with van der Waals surface area (Å²) in [5.74, 6) is 0. The molecule has 98 valence electrons. The van der Waals surface area contributed by atoms with Crippen LogP contribution in [0.4, 0.5) is 11.4 Å². The SMILES string of the molecule is Cc1cccc(CNc2c(Cl)cccc2[N+](=O)[O-])n1. The number of anilines is 1. The highest BCUT2D eigenvalue weighted by Gasteiger charge is 2.16. The molecule has 19 heavy (non-hydrogen) atoms. The van der Waals surface area contributed by atoms with E-state index in [0.29, 0.717) is 17.3 Å². The third-order valence-electron chi connectivity index (χ3n) is 2.58. The second kappa shape index (κ2) is 5.67. The van der Waals surface area contributed by atoms with Crippen LogP contribution < -0.4 is 5.32 Å². The van der Waals surface area contributed by atoms with Gasteiger partial charge in [-0.25, -0.2) is 0 Å². The first-order valence-corrected chi connectivity index (χ1v) is 6.05. The van der Waals surface area contributed by atoms with Crippen molar-refractivity contribution in [1.29, 1.82) is 0 Å². The molecule has 0 bridgehead atoms. The zero-order valence-electron chi connectivity index (χ0n) is 10.3. The Balaban J connectivity index is 2.22. The van der Waals surface area contributed by atoms with Gasteiger partial charge in [0.1, 0.15) is 5.69 Å². The van der Waals surface area contributed by atoms with Gasteiger partial charge in [0.15, 0.2) is 0 Å². The van der Waals surface area contributed by atoms with Crippen molar-refractivity contribution < 1.29 is 4.92 Å². The number of nitro benzene ring substituents is 1. The number of nitro groups is 1. The van der Waals surface area contributed by atoms with E-state index in [-0.39, 0.29) is 5.69 Å². The normalized spacial score (nSPS) is 10.2. The molecule has 0 saturated carbocycles. The predicted molar refractivity (Wildman–Crippen MR) is 74.4 cm³/mol. The van der Waals surface area contributed by atoms with Crippen LogP contribution in [0.3, 0.4) is 0 Å². The number of hydrogen-bond acceptors (Lipinski definition) is 4. The van der Waals surface area contributed by atoms with Crippen molar-refractivity contribution in [2.45, 2.75) is 13.5 Å². The number of halogens is 1. The minimum absolute atomic E-state index is 0.0415. The number of rotatable bonds is 4. The van der Waals surface area contributed by atoms with Crippen molar-refractivity contribution >= 4 is 23.0 Å². The van der Waals surface area contributed by atoms with E-state index in [1.807, 2.05) is 25.1 Å². The van der Waals surface area contributed by atoms with Crippen molar-refractivity contribution in [3.05, 3.63) is 62.9 Å². The Morgan fingerprint density at radius 1 is 1.32 bits per heavy atom. The minimum atomic E-state index is -0.460. The van der Waals surface area contributed by atoms with Gasteiger partial charge in [-0.15, -0.1) is 0 Å². The molecule has 2 rings (SSSR count). The fourth-order valence-corrected chi connectivity index (χ4v) is 1.95. The summed E-state index contributed by atoms with van der Waals surface area (Å²) in [6, 6.07) is 10.2. The zero-order chi connectivity index (χ0) is 13.8. The first kappa shape index (κ1) is 13.3. The molecule has 6 heteroatoms. The summed E-state index contributed by atoms with van der Waals surface area (Å²) in [5, 5.41) is 14.2. The molecule has 0 fully saturated rings. The molecule has 1 aromatic heterocycles. The number of nitrogens with one attached hydrogen (secondary N) is 1. The fraction of sp³-hybridized carbons (Fsp3) is 0.154. The van der Waals surface area contributed by atoms with Gasteiger partial charge in [-0.2, -0.15) is 0 Å². The van der Waals surface area contributed by atoms with Crippen molar-refractivity contribution in [1.82, 2.24) is 4.98 Å². The van der Waals surface area contributed by atoms with Crippen LogP contribution in [-0.2, 0) is 6.54 Å². The average Bonchev–Trinajstić information content (AvgIpc) is 2.37. The standard InChI is InChI=1S/C13H12ClN3O2/c1-9-4-2-5-10(16-9)8-15-13-11(14)6-3-7-12(13)17(18)19/h2-7,15H,8H2,1H3. The molecule has 1 aromatic carbocycles. The molecule has 0 saturated heterocycles. The summed E-state index contributed by atoms with van der Waals surface area (Å²) in [4.78, 5) is 14.8. The number of benzene rings is 1. The van der Waals surface area contributed by atoms with E-state index in [4.69, 9.17) is 11.6 Å². The summed E-state index contributed by atoms with van der Waals surface area (Å²) in [5.41, 5.74) is 1.97. The summed E-state index contributed by atoms with van der Waals surface area (Å²) in [7, 11) is 0. The van der Waals surface area contributed by atoms with Crippen LogP contribution in [0, 0.1) is 17.0 Å². The molecular weight excluding hydrogens is 266 g/mol. The van der Waals surface area contributed by atoms with Crippen molar-refractivity contribution in [3.8, 4) is 0 Å². The van der Waals surface area contributed by atoms with Gasteiger partial charge in [0.2, 0.25) is 0 Å².